The third-order valence-corrected chi connectivity index (χ3v) is 13.2. The lowest BCUT2D eigenvalue weighted by Crippen LogP contribution is -2.46. The Morgan fingerprint density at radius 2 is 0.785 bits per heavy atom. The molecule has 65 heavy (non-hydrogen) atoms. The first-order valence-electron chi connectivity index (χ1n) is 28.7. The number of ether oxygens (including phenoxy) is 1. The molecular weight excluding hydrogens is 803 g/mol. The van der Waals surface area contributed by atoms with Crippen molar-refractivity contribution in [1.29, 1.82) is 0 Å². The molecule has 0 bridgehead atoms. The molecule has 0 fully saturated rings. The van der Waals surface area contributed by atoms with Crippen LogP contribution in [0.3, 0.4) is 0 Å². The second-order valence-electron chi connectivity index (χ2n) is 19.7. The van der Waals surface area contributed by atoms with Crippen LogP contribution in [0.1, 0.15) is 303 Å². The summed E-state index contributed by atoms with van der Waals surface area (Å²) >= 11 is 0. The number of aliphatic hydroxyl groups excluding tert-OH is 2. The van der Waals surface area contributed by atoms with Gasteiger partial charge in [0.25, 0.3) is 0 Å². The summed E-state index contributed by atoms with van der Waals surface area (Å²) in [4.78, 5) is 26.2. The Bertz CT molecular complexity index is 1070. The second-order valence-corrected chi connectivity index (χ2v) is 19.7. The predicted molar refractivity (Wildman–Crippen MR) is 282 cm³/mol. The topological polar surface area (TPSA) is 95.9 Å². The highest BCUT2D eigenvalue weighted by molar-refractivity contribution is 5.77. The Morgan fingerprint density at radius 3 is 1.22 bits per heavy atom. The van der Waals surface area contributed by atoms with Gasteiger partial charge in [-0.3, -0.25) is 9.59 Å². The summed E-state index contributed by atoms with van der Waals surface area (Å²) in [6, 6.07) is -0.707. The van der Waals surface area contributed by atoms with Crippen LogP contribution in [0.15, 0.2) is 36.5 Å². The van der Waals surface area contributed by atoms with E-state index in [9.17, 15) is 19.8 Å². The third kappa shape index (κ3) is 48.3. The normalized spacial score (nSPS) is 13.4. The molecule has 0 aromatic carbocycles. The van der Waals surface area contributed by atoms with E-state index in [1.165, 1.54) is 180 Å². The fraction of sp³-hybridized carbons (Fsp3) is 0.864. The Kier molecular flexibility index (Phi) is 51.5. The number of esters is 1. The molecule has 0 aliphatic heterocycles. The van der Waals surface area contributed by atoms with Gasteiger partial charge in [-0.25, -0.2) is 0 Å². The number of hydrogen-bond acceptors (Lipinski definition) is 5. The lowest BCUT2D eigenvalue weighted by atomic mass is 10.0. The molecule has 0 saturated carbocycles. The van der Waals surface area contributed by atoms with Crippen LogP contribution in [0.5, 0.6) is 0 Å². The molecule has 0 heterocycles. The monoisotopic (exact) mass is 914 g/mol. The van der Waals surface area contributed by atoms with Crippen molar-refractivity contribution in [2.45, 2.75) is 322 Å². The van der Waals surface area contributed by atoms with Gasteiger partial charge < -0.3 is 20.3 Å². The van der Waals surface area contributed by atoms with E-state index in [-0.39, 0.29) is 24.9 Å². The minimum Gasteiger partial charge on any atom is -0.462 e. The van der Waals surface area contributed by atoms with Crippen LogP contribution in [0.4, 0.5) is 0 Å². The molecule has 0 radical (unpaired) electrons. The molecule has 6 heteroatoms. The zero-order valence-electron chi connectivity index (χ0n) is 43.6. The van der Waals surface area contributed by atoms with Crippen molar-refractivity contribution in [3.05, 3.63) is 36.5 Å². The van der Waals surface area contributed by atoms with Crippen LogP contribution in [0.2, 0.25) is 0 Å². The summed E-state index contributed by atoms with van der Waals surface area (Å²) in [5.74, 6) is -0.481. The molecule has 0 aromatic rings. The van der Waals surface area contributed by atoms with E-state index in [1.54, 1.807) is 0 Å². The SMILES string of the molecule is CCCCC/C=C\C/C=C\C/C=C\CCCCCCC(CC(=O)NC(CO)C(O)CCCCCCCCCCCCCCCCCCC)OC(=O)CCCCCCCCCCCCCC. The van der Waals surface area contributed by atoms with Crippen LogP contribution < -0.4 is 5.32 Å². The van der Waals surface area contributed by atoms with Crippen molar-refractivity contribution in [2.75, 3.05) is 6.61 Å². The minimum atomic E-state index is -0.792. The molecule has 0 saturated heterocycles. The molecular formula is C59H111NO5. The van der Waals surface area contributed by atoms with Crippen molar-refractivity contribution in [3.63, 3.8) is 0 Å². The zero-order chi connectivity index (χ0) is 47.4. The maximum Gasteiger partial charge on any atom is 0.306 e. The van der Waals surface area contributed by atoms with Gasteiger partial charge in [-0.2, -0.15) is 0 Å². The predicted octanol–water partition coefficient (Wildman–Crippen LogP) is 17.6. The van der Waals surface area contributed by atoms with Gasteiger partial charge in [0.1, 0.15) is 6.10 Å². The van der Waals surface area contributed by atoms with Crippen LogP contribution in [0, 0.1) is 0 Å². The van der Waals surface area contributed by atoms with Crippen molar-refractivity contribution >= 4 is 11.9 Å². The van der Waals surface area contributed by atoms with Gasteiger partial charge in [-0.15, -0.1) is 0 Å². The largest absolute Gasteiger partial charge is 0.462 e. The van der Waals surface area contributed by atoms with Gasteiger partial charge in [-0.1, -0.05) is 263 Å². The van der Waals surface area contributed by atoms with E-state index >= 15 is 0 Å². The maximum atomic E-state index is 13.3. The highest BCUT2D eigenvalue weighted by Gasteiger charge is 2.24. The summed E-state index contributed by atoms with van der Waals surface area (Å²) in [5, 5.41) is 23.9. The van der Waals surface area contributed by atoms with Gasteiger partial charge in [-0.05, 0) is 64.2 Å². The van der Waals surface area contributed by atoms with Crippen molar-refractivity contribution in [1.82, 2.24) is 5.32 Å². The van der Waals surface area contributed by atoms with E-state index in [2.05, 4.69) is 62.5 Å². The number of unbranched alkanes of at least 4 members (excludes halogenated alkanes) is 34. The van der Waals surface area contributed by atoms with Crippen LogP contribution in [-0.4, -0.2) is 46.9 Å². The van der Waals surface area contributed by atoms with Gasteiger partial charge >= 0.3 is 5.97 Å². The molecule has 0 aliphatic rings. The van der Waals surface area contributed by atoms with E-state index in [1.807, 2.05) is 0 Å². The Morgan fingerprint density at radius 1 is 0.446 bits per heavy atom. The van der Waals surface area contributed by atoms with Crippen LogP contribution in [-0.2, 0) is 14.3 Å². The van der Waals surface area contributed by atoms with Crippen molar-refractivity contribution < 1.29 is 24.5 Å². The molecule has 3 N–H and O–H groups in total. The molecule has 0 rings (SSSR count). The van der Waals surface area contributed by atoms with Gasteiger partial charge in [0, 0.05) is 6.42 Å². The molecule has 6 nitrogen and oxygen atoms in total. The van der Waals surface area contributed by atoms with Crippen molar-refractivity contribution in [2.24, 2.45) is 0 Å². The average Bonchev–Trinajstić information content (AvgIpc) is 3.30. The lowest BCUT2D eigenvalue weighted by molar-refractivity contribution is -0.151. The highest BCUT2D eigenvalue weighted by atomic mass is 16.5. The number of nitrogens with one attached hydrogen (secondary N) is 1. The lowest BCUT2D eigenvalue weighted by Gasteiger charge is -2.24. The number of aliphatic hydroxyl groups is 2. The van der Waals surface area contributed by atoms with E-state index < -0.39 is 18.2 Å². The zero-order valence-corrected chi connectivity index (χ0v) is 43.6. The molecule has 0 aliphatic carbocycles. The molecule has 3 unspecified atom stereocenters. The molecule has 0 spiro atoms. The van der Waals surface area contributed by atoms with E-state index in [4.69, 9.17) is 4.74 Å². The number of carbonyl (C=O) groups is 2. The van der Waals surface area contributed by atoms with E-state index in [0.29, 0.717) is 19.3 Å². The third-order valence-electron chi connectivity index (χ3n) is 13.2. The first-order chi connectivity index (χ1) is 32.0. The maximum absolute atomic E-state index is 13.3. The minimum absolute atomic E-state index is 0.0669. The number of allylic oxidation sites excluding steroid dienone is 6. The van der Waals surface area contributed by atoms with E-state index in [0.717, 1.165) is 77.0 Å². The molecule has 1 amide bonds. The summed E-state index contributed by atoms with van der Waals surface area (Å²) in [6.45, 7) is 6.48. The molecule has 3 atom stereocenters. The number of carbonyl (C=O) groups excluding carboxylic acids is 2. The average molecular weight is 915 g/mol. The quantitative estimate of drug-likeness (QED) is 0.0321. The van der Waals surface area contributed by atoms with Gasteiger partial charge in [0.15, 0.2) is 0 Å². The molecule has 0 aromatic heterocycles. The van der Waals surface area contributed by atoms with Crippen molar-refractivity contribution in [3.8, 4) is 0 Å². The molecule has 382 valence electrons. The first kappa shape index (κ1) is 63.1. The Labute approximate surface area is 404 Å². The smallest absolute Gasteiger partial charge is 0.306 e. The number of rotatable bonds is 52. The second kappa shape index (κ2) is 53.0. The summed E-state index contributed by atoms with van der Waals surface area (Å²) in [6.07, 6.45) is 63.5. The fourth-order valence-corrected chi connectivity index (χ4v) is 8.85. The summed E-state index contributed by atoms with van der Waals surface area (Å²) in [5.41, 5.74) is 0. The number of amides is 1. The van der Waals surface area contributed by atoms with Gasteiger partial charge in [0.2, 0.25) is 5.91 Å². The van der Waals surface area contributed by atoms with Gasteiger partial charge in [0.05, 0.1) is 25.2 Å². The first-order valence-corrected chi connectivity index (χ1v) is 28.7. The summed E-state index contributed by atoms with van der Waals surface area (Å²) < 4.78 is 5.95. The highest BCUT2D eigenvalue weighted by Crippen LogP contribution is 2.18. The number of hydrogen-bond donors (Lipinski definition) is 3. The fourth-order valence-electron chi connectivity index (χ4n) is 8.85. The van der Waals surface area contributed by atoms with Crippen LogP contribution >= 0.6 is 0 Å². The Hall–Kier alpha value is -1.92. The Balaban J connectivity index is 4.54. The van der Waals surface area contributed by atoms with Crippen LogP contribution in [0.25, 0.3) is 0 Å². The summed E-state index contributed by atoms with van der Waals surface area (Å²) in [7, 11) is 0. The standard InChI is InChI=1S/C59H111NO5/c1-4-7-10-13-16-19-22-25-27-29-31-33-35-38-41-44-47-50-55(65-59(64)52-49-46-43-40-37-24-21-18-15-12-9-6-3)53-58(63)60-56(54-61)57(62)51-48-45-42-39-36-34-32-30-28-26-23-20-17-14-11-8-5-2/h16,19,25,27,31,33,55-57,61-62H,4-15,17-18,20-24,26,28-30,32,34-54H2,1-3H3,(H,60,63)/b19-16-,27-25-,33-31-.